The molecule has 0 saturated heterocycles. The van der Waals surface area contributed by atoms with Crippen LogP contribution in [0.5, 0.6) is 0 Å². The van der Waals surface area contributed by atoms with Crippen LogP contribution in [0, 0.1) is 0 Å². The van der Waals surface area contributed by atoms with E-state index >= 15 is 0 Å². The van der Waals surface area contributed by atoms with Crippen molar-refractivity contribution in [1.82, 2.24) is 0 Å². The number of benzene rings is 2. The molecule has 0 aliphatic heterocycles. The van der Waals surface area contributed by atoms with Crippen LogP contribution in [0.15, 0.2) is 60.7 Å². The van der Waals surface area contributed by atoms with Crippen LogP contribution in [0.25, 0.3) is 0 Å². The summed E-state index contributed by atoms with van der Waals surface area (Å²) in [5, 5.41) is 0.451. The molecule has 0 unspecified atom stereocenters. The quantitative estimate of drug-likeness (QED) is 0.740. The van der Waals surface area contributed by atoms with Crippen molar-refractivity contribution in [3.8, 4) is 0 Å². The Morgan fingerprint density at radius 1 is 0.733 bits per heavy atom. The lowest BCUT2D eigenvalue weighted by Gasteiger charge is -2.14. The fraction of sp³-hybridized carbons (Fsp3) is 0.143. The Morgan fingerprint density at radius 3 is 1.47 bits per heavy atom. The second-order valence-corrected chi connectivity index (χ2v) is 4.38. The zero-order valence-electron chi connectivity index (χ0n) is 8.76. The van der Waals surface area contributed by atoms with Crippen LogP contribution in [0.2, 0.25) is 0 Å². The van der Waals surface area contributed by atoms with Crippen LogP contribution in [0.1, 0.15) is 16.4 Å². The zero-order valence-corrected chi connectivity index (χ0v) is 9.58. The molecule has 2 rings (SSSR count). The van der Waals surface area contributed by atoms with Gasteiger partial charge in [0.05, 0.1) is 5.25 Å². The molecule has 0 aliphatic rings. The lowest BCUT2D eigenvalue weighted by molar-refractivity contribution is 1.16. The highest BCUT2D eigenvalue weighted by Crippen LogP contribution is 2.33. The Balaban J connectivity index is 2.34. The highest BCUT2D eigenvalue weighted by Gasteiger charge is 2.10. The van der Waals surface area contributed by atoms with Crippen LogP contribution >= 0.6 is 11.8 Å². The summed E-state index contributed by atoms with van der Waals surface area (Å²) in [6.45, 7) is 0. The van der Waals surface area contributed by atoms with Crippen LogP contribution in [0.3, 0.4) is 0 Å². The Kier molecular flexibility index (Phi) is 3.46. The minimum Gasteiger partial charge on any atom is -0.152 e. The lowest BCUT2D eigenvalue weighted by Crippen LogP contribution is -1.94. The van der Waals surface area contributed by atoms with E-state index in [9.17, 15) is 0 Å². The molecular weight excluding hydrogens is 200 g/mol. The summed E-state index contributed by atoms with van der Waals surface area (Å²) in [6.07, 6.45) is 2.16. The van der Waals surface area contributed by atoms with Gasteiger partial charge in [-0.15, -0.1) is 0 Å². The van der Waals surface area contributed by atoms with E-state index in [-0.39, 0.29) is 0 Å². The zero-order chi connectivity index (χ0) is 10.5. The molecule has 0 aromatic heterocycles. The fourth-order valence-corrected chi connectivity index (χ4v) is 2.58. The number of rotatable bonds is 3. The molecule has 0 N–H and O–H groups in total. The predicted molar refractivity (Wildman–Crippen MR) is 68.2 cm³/mol. The highest BCUT2D eigenvalue weighted by atomic mass is 32.2. The summed E-state index contributed by atoms with van der Waals surface area (Å²) in [5.74, 6) is 0. The summed E-state index contributed by atoms with van der Waals surface area (Å²) in [4.78, 5) is 0. The molecule has 0 amide bonds. The van der Waals surface area contributed by atoms with Crippen LogP contribution in [-0.2, 0) is 0 Å². The van der Waals surface area contributed by atoms with E-state index in [0.717, 1.165) is 0 Å². The summed E-state index contributed by atoms with van der Waals surface area (Å²) in [6, 6.07) is 21.3. The summed E-state index contributed by atoms with van der Waals surface area (Å²) in [5.41, 5.74) is 2.74. The molecule has 0 heterocycles. The maximum absolute atomic E-state index is 2.19. The van der Waals surface area contributed by atoms with Gasteiger partial charge in [-0.2, -0.15) is 11.8 Å². The summed E-state index contributed by atoms with van der Waals surface area (Å²) in [7, 11) is 0. The molecule has 0 saturated carbocycles. The topological polar surface area (TPSA) is 0 Å². The van der Waals surface area contributed by atoms with E-state index in [4.69, 9.17) is 0 Å². The summed E-state index contributed by atoms with van der Waals surface area (Å²) < 4.78 is 0. The van der Waals surface area contributed by atoms with Gasteiger partial charge in [-0.3, -0.25) is 0 Å². The first-order valence-corrected chi connectivity index (χ1v) is 6.33. The van der Waals surface area contributed by atoms with Gasteiger partial charge in [-0.25, -0.2) is 0 Å². The Hall–Kier alpha value is -1.21. The molecule has 0 bridgehead atoms. The smallest absolute Gasteiger partial charge is 0.0543 e. The Morgan fingerprint density at radius 2 is 1.13 bits per heavy atom. The van der Waals surface area contributed by atoms with Gasteiger partial charge in [-0.05, 0) is 17.4 Å². The van der Waals surface area contributed by atoms with Crippen molar-refractivity contribution in [3.05, 3.63) is 71.8 Å². The van der Waals surface area contributed by atoms with Gasteiger partial charge in [0.2, 0.25) is 0 Å². The first kappa shape index (κ1) is 10.3. The van der Waals surface area contributed by atoms with Crippen LogP contribution in [0.4, 0.5) is 0 Å². The first-order chi connectivity index (χ1) is 7.42. The third kappa shape index (κ3) is 2.42. The molecule has 0 nitrogen and oxygen atoms in total. The van der Waals surface area contributed by atoms with Crippen molar-refractivity contribution in [2.24, 2.45) is 0 Å². The minimum absolute atomic E-state index is 0.451. The van der Waals surface area contributed by atoms with Gasteiger partial charge in [-0.1, -0.05) is 60.7 Å². The van der Waals surface area contributed by atoms with E-state index in [1.807, 2.05) is 11.8 Å². The van der Waals surface area contributed by atoms with E-state index < -0.39 is 0 Å². The maximum Gasteiger partial charge on any atom is 0.0543 e. The molecule has 0 spiro atoms. The van der Waals surface area contributed by atoms with Crippen LogP contribution in [-0.4, -0.2) is 6.26 Å². The van der Waals surface area contributed by atoms with Gasteiger partial charge in [0.25, 0.3) is 0 Å². The third-order valence-electron chi connectivity index (χ3n) is 2.44. The molecule has 1 heteroatoms. The van der Waals surface area contributed by atoms with E-state index in [0.29, 0.717) is 5.25 Å². The van der Waals surface area contributed by atoms with Gasteiger partial charge in [0, 0.05) is 0 Å². The molecule has 0 radical (unpaired) electrons. The molecule has 76 valence electrons. The first-order valence-electron chi connectivity index (χ1n) is 5.04. The Bertz CT molecular complexity index is 355. The minimum atomic E-state index is 0.451. The largest absolute Gasteiger partial charge is 0.152 e. The van der Waals surface area contributed by atoms with E-state index in [1.54, 1.807) is 0 Å². The van der Waals surface area contributed by atoms with Gasteiger partial charge in [0.15, 0.2) is 0 Å². The van der Waals surface area contributed by atoms with Crippen molar-refractivity contribution >= 4 is 11.8 Å². The second-order valence-electron chi connectivity index (χ2n) is 3.44. The van der Waals surface area contributed by atoms with Crippen molar-refractivity contribution in [1.29, 1.82) is 0 Å². The van der Waals surface area contributed by atoms with E-state index in [2.05, 4.69) is 66.9 Å². The van der Waals surface area contributed by atoms with Gasteiger partial charge >= 0.3 is 0 Å². The van der Waals surface area contributed by atoms with Gasteiger partial charge in [0.1, 0.15) is 0 Å². The number of thioether (sulfide) groups is 1. The lowest BCUT2D eigenvalue weighted by atomic mass is 10.0. The van der Waals surface area contributed by atoms with Crippen molar-refractivity contribution < 1.29 is 0 Å². The van der Waals surface area contributed by atoms with Crippen molar-refractivity contribution in [3.63, 3.8) is 0 Å². The maximum atomic E-state index is 2.19. The molecular formula is C14H14S. The molecule has 0 atom stereocenters. The molecule has 2 aromatic rings. The summed E-state index contributed by atoms with van der Waals surface area (Å²) >= 11 is 1.88. The van der Waals surface area contributed by atoms with Crippen molar-refractivity contribution in [2.75, 3.05) is 6.26 Å². The normalized spacial score (nSPS) is 10.5. The van der Waals surface area contributed by atoms with Gasteiger partial charge < -0.3 is 0 Å². The average molecular weight is 214 g/mol. The molecule has 2 aromatic carbocycles. The Labute approximate surface area is 95.3 Å². The second kappa shape index (κ2) is 5.04. The standard InChI is InChI=1S/C14H14S/c1-15-14(12-8-4-2-5-9-12)13-10-6-3-7-11-13/h2-11,14H,1H3. The molecule has 0 aliphatic carbocycles. The SMILES string of the molecule is CSC(c1ccccc1)c1ccccc1. The fourth-order valence-electron chi connectivity index (χ4n) is 1.72. The monoisotopic (exact) mass is 214 g/mol. The predicted octanol–water partition coefficient (Wildman–Crippen LogP) is 4.14. The van der Waals surface area contributed by atoms with Crippen molar-refractivity contribution in [2.45, 2.75) is 5.25 Å². The molecule has 15 heavy (non-hydrogen) atoms. The van der Waals surface area contributed by atoms with Crippen LogP contribution < -0.4 is 0 Å². The third-order valence-corrected chi connectivity index (χ3v) is 3.46. The molecule has 0 fully saturated rings. The highest BCUT2D eigenvalue weighted by molar-refractivity contribution is 7.99. The number of hydrogen-bond donors (Lipinski definition) is 0. The average Bonchev–Trinajstić information content (AvgIpc) is 2.33. The number of hydrogen-bond acceptors (Lipinski definition) is 1. The van der Waals surface area contributed by atoms with E-state index in [1.165, 1.54) is 11.1 Å².